The van der Waals surface area contributed by atoms with Crippen molar-refractivity contribution >= 4 is 35.5 Å². The van der Waals surface area contributed by atoms with Crippen molar-refractivity contribution in [3.63, 3.8) is 0 Å². The Kier molecular flexibility index (Phi) is 3.84. The van der Waals surface area contributed by atoms with Gasteiger partial charge in [0.15, 0.2) is 0 Å². The Morgan fingerprint density at radius 3 is 2.19 bits per heavy atom. The van der Waals surface area contributed by atoms with Gasteiger partial charge in [0.25, 0.3) is 0 Å². The minimum atomic E-state index is 0.270. The van der Waals surface area contributed by atoms with Crippen LogP contribution >= 0.6 is 11.6 Å². The fourth-order valence-electron chi connectivity index (χ4n) is 1.33. The number of hydrogen-bond donors (Lipinski definition) is 0. The second-order valence-electron chi connectivity index (χ2n) is 3.35. The van der Waals surface area contributed by atoms with Gasteiger partial charge in [-0.3, -0.25) is 0 Å². The summed E-state index contributed by atoms with van der Waals surface area (Å²) in [7, 11) is 0. The van der Waals surface area contributed by atoms with Gasteiger partial charge in [-0.05, 0) is 0 Å². The third kappa shape index (κ3) is 2.99. The molecule has 0 unspecified atom stereocenters. The van der Waals surface area contributed by atoms with E-state index < -0.39 is 0 Å². The van der Waals surface area contributed by atoms with Crippen LogP contribution in [0.25, 0.3) is 4.47 Å². The molecule has 0 spiro atoms. The summed E-state index contributed by atoms with van der Waals surface area (Å²) in [6.07, 6.45) is 0. The van der Waals surface area contributed by atoms with E-state index in [2.05, 4.69) is 30.8 Å². The Hall–Kier alpha value is -1.01. The molecule has 2 aromatic carbocycles. The molecule has 0 amide bonds. The van der Waals surface area contributed by atoms with E-state index in [0.717, 1.165) is 5.02 Å². The molecule has 0 radical (unpaired) electrons. The fraction of sp³-hybridized carbons (Fsp3) is 0. The molecule has 2 rings (SSSR count). The molecule has 0 nitrogen and oxygen atoms in total. The summed E-state index contributed by atoms with van der Waals surface area (Å²) in [6, 6.07) is 18.3. The van der Waals surface area contributed by atoms with Crippen molar-refractivity contribution in [2.24, 2.45) is 0 Å². The summed E-state index contributed by atoms with van der Waals surface area (Å²) >= 11 is 6.12. The van der Waals surface area contributed by atoms with Gasteiger partial charge in [-0.25, -0.2) is 0 Å². The van der Waals surface area contributed by atoms with E-state index in [4.69, 9.17) is 11.6 Å². The Morgan fingerprint density at radius 1 is 0.938 bits per heavy atom. The van der Waals surface area contributed by atoms with Gasteiger partial charge in [-0.15, -0.1) is 0 Å². The summed E-state index contributed by atoms with van der Waals surface area (Å²) in [5, 5.41) is 0.782. The van der Waals surface area contributed by atoms with Crippen molar-refractivity contribution < 1.29 is 0 Å². The zero-order valence-electron chi connectivity index (χ0n) is 8.69. The van der Waals surface area contributed by atoms with E-state index in [1.165, 1.54) is 14.5 Å². The summed E-state index contributed by atoms with van der Waals surface area (Å²) in [6.45, 7) is 4.14. The molecule has 0 aliphatic heterocycles. The Balaban J connectivity index is 2.11. The molecule has 0 saturated carbocycles. The Labute approximate surface area is 107 Å². The second kappa shape index (κ2) is 5.36. The first-order chi connectivity index (χ1) is 7.75. The van der Waals surface area contributed by atoms with Crippen LogP contribution in [0.15, 0.2) is 61.2 Å². The van der Waals surface area contributed by atoms with Gasteiger partial charge < -0.3 is 0 Å². The summed E-state index contributed by atoms with van der Waals surface area (Å²) in [5.74, 6) is 0. The monoisotopic (exact) mass is 294 g/mol. The van der Waals surface area contributed by atoms with Crippen molar-refractivity contribution in [2.75, 3.05) is 0 Å². The molecule has 80 valence electrons. The van der Waals surface area contributed by atoms with Crippen LogP contribution in [0.1, 0.15) is 5.56 Å². The molecule has 0 fully saturated rings. The van der Waals surface area contributed by atoms with Gasteiger partial charge in [0.1, 0.15) is 0 Å². The first-order valence-corrected chi connectivity index (χ1v) is 7.02. The topological polar surface area (TPSA) is 0 Å². The first-order valence-electron chi connectivity index (χ1n) is 4.93. The van der Waals surface area contributed by atoms with Crippen LogP contribution in [0.5, 0.6) is 0 Å². The van der Waals surface area contributed by atoms with Gasteiger partial charge in [0.2, 0.25) is 0 Å². The number of halogens is 1. The number of hydrogen-bond acceptors (Lipinski definition) is 0. The summed E-state index contributed by atoms with van der Waals surface area (Å²) in [4.78, 5) is 0. The average Bonchev–Trinajstić information content (AvgIpc) is 2.33. The normalized spacial score (nSPS) is 10.1. The van der Waals surface area contributed by atoms with Crippen molar-refractivity contribution in [3.8, 4) is 0 Å². The van der Waals surface area contributed by atoms with Gasteiger partial charge in [-0.1, -0.05) is 0 Å². The van der Waals surface area contributed by atoms with Crippen molar-refractivity contribution in [1.29, 1.82) is 0 Å². The molecule has 0 aliphatic rings. The van der Waals surface area contributed by atoms with Crippen LogP contribution in [0.2, 0.25) is 5.02 Å². The molecule has 0 N–H and O–H groups in total. The van der Waals surface area contributed by atoms with Crippen LogP contribution < -0.4 is 4.46 Å². The number of benzene rings is 2. The molecule has 2 heteroatoms. The average molecular weight is 294 g/mol. The third-order valence-corrected chi connectivity index (χ3v) is 4.48. The van der Waals surface area contributed by atoms with E-state index in [1.54, 1.807) is 0 Å². The van der Waals surface area contributed by atoms with Gasteiger partial charge in [0.05, 0.1) is 0 Å². The Morgan fingerprint density at radius 2 is 1.56 bits per heavy atom. The van der Waals surface area contributed by atoms with Gasteiger partial charge in [0, 0.05) is 0 Å². The quantitative estimate of drug-likeness (QED) is 0.762. The molecule has 0 aromatic heterocycles. The van der Waals surface area contributed by atoms with Crippen molar-refractivity contribution in [3.05, 3.63) is 71.8 Å². The zero-order valence-corrected chi connectivity index (χ0v) is 11.2. The number of rotatable bonds is 3. The van der Waals surface area contributed by atoms with Crippen molar-refractivity contribution in [2.45, 2.75) is 0 Å². The molecule has 2 aromatic rings. The molecule has 0 heterocycles. The van der Waals surface area contributed by atoms with Crippen LogP contribution in [-0.2, 0) is 0 Å². The molecule has 0 saturated heterocycles. The van der Waals surface area contributed by atoms with Crippen LogP contribution in [-0.4, -0.2) is 15.0 Å². The van der Waals surface area contributed by atoms with E-state index in [-0.39, 0.29) is 15.0 Å². The maximum absolute atomic E-state index is 5.85. The molecule has 0 atom stereocenters. The maximum atomic E-state index is 5.85. The van der Waals surface area contributed by atoms with E-state index in [9.17, 15) is 0 Å². The van der Waals surface area contributed by atoms with Crippen LogP contribution in [0, 0.1) is 0 Å². The first kappa shape index (κ1) is 11.5. The predicted molar refractivity (Wildman–Crippen MR) is 72.3 cm³/mol. The van der Waals surface area contributed by atoms with E-state index in [0.29, 0.717) is 0 Å². The molecule has 0 bridgehead atoms. The van der Waals surface area contributed by atoms with Gasteiger partial charge >= 0.3 is 107 Å². The standard InChI is InChI=1S/C14H11ClSe/c1-11(12-5-3-2-4-6-12)16-14-9-7-13(15)8-10-14/h2-10H,1H2. The third-order valence-electron chi connectivity index (χ3n) is 2.15. The Bertz CT molecular complexity index is 474. The van der Waals surface area contributed by atoms with E-state index in [1.807, 2.05) is 30.3 Å². The SMILES string of the molecule is C=C([Se]c1ccc(Cl)cc1)c1ccccc1. The predicted octanol–water partition coefficient (Wildman–Crippen LogP) is 3.34. The van der Waals surface area contributed by atoms with Crippen LogP contribution in [0.3, 0.4) is 0 Å². The molecule has 16 heavy (non-hydrogen) atoms. The minimum absolute atomic E-state index is 0.270. The summed E-state index contributed by atoms with van der Waals surface area (Å²) in [5.41, 5.74) is 1.22. The van der Waals surface area contributed by atoms with E-state index >= 15 is 0 Å². The molecule has 0 aliphatic carbocycles. The molecular formula is C14H11ClSe. The fourth-order valence-corrected chi connectivity index (χ4v) is 3.15. The van der Waals surface area contributed by atoms with Gasteiger partial charge in [-0.2, -0.15) is 0 Å². The van der Waals surface area contributed by atoms with Crippen molar-refractivity contribution in [1.82, 2.24) is 0 Å². The summed E-state index contributed by atoms with van der Waals surface area (Å²) < 4.78 is 2.49. The second-order valence-corrected chi connectivity index (χ2v) is 6.23. The molecular weight excluding hydrogens is 283 g/mol. The van der Waals surface area contributed by atoms with Crippen LogP contribution in [0.4, 0.5) is 0 Å². The zero-order chi connectivity index (χ0) is 11.4.